The van der Waals surface area contributed by atoms with Gasteiger partial charge in [-0.15, -0.1) is 0 Å². The molecular weight excluding hydrogens is 667 g/mol. The van der Waals surface area contributed by atoms with Crippen molar-refractivity contribution in [3.63, 3.8) is 0 Å². The van der Waals surface area contributed by atoms with Crippen LogP contribution in [0, 0.1) is 0 Å². The number of para-hydroxylation sites is 3. The van der Waals surface area contributed by atoms with Gasteiger partial charge in [0.25, 0.3) is 0 Å². The highest BCUT2D eigenvalue weighted by molar-refractivity contribution is 6.11. The van der Waals surface area contributed by atoms with Gasteiger partial charge in [-0.25, -0.2) is 0 Å². The van der Waals surface area contributed by atoms with Gasteiger partial charge in [-0.05, 0) is 80.2 Å². The van der Waals surface area contributed by atoms with Crippen LogP contribution in [0.2, 0.25) is 0 Å². The van der Waals surface area contributed by atoms with Crippen molar-refractivity contribution in [2.45, 2.75) is 5.41 Å². The molecule has 0 radical (unpaired) electrons. The predicted molar refractivity (Wildman–Crippen MR) is 228 cm³/mol. The van der Waals surface area contributed by atoms with E-state index in [0.29, 0.717) is 0 Å². The molecule has 0 aliphatic heterocycles. The number of fused-ring (bicyclic) bond motifs is 14. The lowest BCUT2D eigenvalue weighted by Gasteiger charge is -2.33. The van der Waals surface area contributed by atoms with Gasteiger partial charge in [0.15, 0.2) is 0 Å². The molecule has 0 N–H and O–H groups in total. The SMILES string of the molecule is c1ccc(N(c2ccc3c(c2)C2(c4ccccc4-c4ccccc42)c2ccccc2-3)c2cccc3ccccc23)c(-c2cccc3c2oc2ccccc23)c1. The normalized spacial score (nSPS) is 13.2. The van der Waals surface area contributed by atoms with Gasteiger partial charge < -0.3 is 9.32 Å². The van der Waals surface area contributed by atoms with Gasteiger partial charge in [0.05, 0.1) is 16.8 Å². The zero-order valence-corrected chi connectivity index (χ0v) is 29.9. The summed E-state index contributed by atoms with van der Waals surface area (Å²) in [7, 11) is 0. The van der Waals surface area contributed by atoms with Crippen molar-refractivity contribution in [2.24, 2.45) is 0 Å². The molecule has 256 valence electrons. The molecule has 2 heteroatoms. The maximum Gasteiger partial charge on any atom is 0.143 e. The minimum absolute atomic E-state index is 0.445. The summed E-state index contributed by atoms with van der Waals surface area (Å²) >= 11 is 0. The van der Waals surface area contributed by atoms with Gasteiger partial charge >= 0.3 is 0 Å². The van der Waals surface area contributed by atoms with Crippen LogP contribution in [0.5, 0.6) is 0 Å². The molecule has 2 nitrogen and oxygen atoms in total. The number of rotatable bonds is 4. The first-order valence-corrected chi connectivity index (χ1v) is 19.0. The first kappa shape index (κ1) is 30.3. The molecule has 10 aromatic rings. The third kappa shape index (κ3) is 4.08. The van der Waals surface area contributed by atoms with E-state index in [4.69, 9.17) is 4.42 Å². The summed E-state index contributed by atoms with van der Waals surface area (Å²) in [6.07, 6.45) is 0. The molecule has 12 rings (SSSR count). The average molecular weight is 700 g/mol. The lowest BCUT2D eigenvalue weighted by Crippen LogP contribution is -2.26. The second-order valence-electron chi connectivity index (χ2n) is 14.7. The Morgan fingerprint density at radius 1 is 0.345 bits per heavy atom. The van der Waals surface area contributed by atoms with Gasteiger partial charge in [-0.2, -0.15) is 0 Å². The molecule has 1 aromatic heterocycles. The fourth-order valence-corrected chi connectivity index (χ4v) is 9.89. The minimum Gasteiger partial charge on any atom is -0.455 e. The quantitative estimate of drug-likeness (QED) is 0.182. The van der Waals surface area contributed by atoms with Crippen LogP contribution in [0.15, 0.2) is 205 Å². The molecular formula is C53H33NO. The lowest BCUT2D eigenvalue weighted by molar-refractivity contribution is 0.670. The Hall–Kier alpha value is -7.16. The summed E-state index contributed by atoms with van der Waals surface area (Å²) in [5.74, 6) is 0. The van der Waals surface area contributed by atoms with Crippen molar-refractivity contribution in [2.75, 3.05) is 4.90 Å². The van der Waals surface area contributed by atoms with Crippen LogP contribution >= 0.6 is 0 Å². The monoisotopic (exact) mass is 699 g/mol. The van der Waals surface area contributed by atoms with Crippen molar-refractivity contribution in [1.82, 2.24) is 0 Å². The van der Waals surface area contributed by atoms with Gasteiger partial charge in [0.1, 0.15) is 11.2 Å². The number of hydrogen-bond acceptors (Lipinski definition) is 2. The Balaban J connectivity index is 1.17. The second kappa shape index (κ2) is 11.4. The van der Waals surface area contributed by atoms with Crippen molar-refractivity contribution >= 4 is 49.8 Å². The minimum atomic E-state index is -0.445. The molecule has 0 atom stereocenters. The van der Waals surface area contributed by atoms with Gasteiger partial charge in [0.2, 0.25) is 0 Å². The molecule has 2 aliphatic carbocycles. The van der Waals surface area contributed by atoms with Gasteiger partial charge in [0, 0.05) is 33.0 Å². The fraction of sp³-hybridized carbons (Fsp3) is 0.0189. The van der Waals surface area contributed by atoms with E-state index >= 15 is 0 Å². The molecule has 1 spiro atoms. The van der Waals surface area contributed by atoms with Crippen LogP contribution in [-0.2, 0) is 5.41 Å². The molecule has 1 heterocycles. The second-order valence-corrected chi connectivity index (χ2v) is 14.7. The van der Waals surface area contributed by atoms with E-state index in [1.54, 1.807) is 0 Å². The van der Waals surface area contributed by atoms with E-state index in [1.807, 2.05) is 6.07 Å². The fourth-order valence-electron chi connectivity index (χ4n) is 9.89. The highest BCUT2D eigenvalue weighted by Crippen LogP contribution is 2.63. The largest absolute Gasteiger partial charge is 0.455 e. The molecule has 0 amide bonds. The van der Waals surface area contributed by atoms with E-state index in [9.17, 15) is 0 Å². The third-order valence-electron chi connectivity index (χ3n) is 12.1. The summed E-state index contributed by atoms with van der Waals surface area (Å²) in [6.45, 7) is 0. The summed E-state index contributed by atoms with van der Waals surface area (Å²) < 4.78 is 6.66. The van der Waals surface area contributed by atoms with Crippen LogP contribution < -0.4 is 4.90 Å². The van der Waals surface area contributed by atoms with E-state index in [1.165, 1.54) is 55.3 Å². The number of furan rings is 1. The van der Waals surface area contributed by atoms with Crippen molar-refractivity contribution < 1.29 is 4.42 Å². The summed E-state index contributed by atoms with van der Waals surface area (Å²) in [5.41, 5.74) is 17.4. The lowest BCUT2D eigenvalue weighted by atomic mass is 9.70. The van der Waals surface area contributed by atoms with E-state index in [-0.39, 0.29) is 0 Å². The van der Waals surface area contributed by atoms with Crippen LogP contribution in [0.4, 0.5) is 17.1 Å². The Morgan fingerprint density at radius 2 is 0.855 bits per heavy atom. The van der Waals surface area contributed by atoms with E-state index in [0.717, 1.165) is 50.1 Å². The third-order valence-corrected chi connectivity index (χ3v) is 12.1. The Morgan fingerprint density at radius 3 is 1.60 bits per heavy atom. The van der Waals surface area contributed by atoms with Crippen LogP contribution in [0.3, 0.4) is 0 Å². The smallest absolute Gasteiger partial charge is 0.143 e. The molecule has 2 aliphatic rings. The molecule has 0 saturated carbocycles. The average Bonchev–Trinajstić information content (AvgIpc) is 3.88. The first-order valence-electron chi connectivity index (χ1n) is 19.0. The molecule has 0 fully saturated rings. The Kier molecular flexibility index (Phi) is 6.29. The van der Waals surface area contributed by atoms with Crippen LogP contribution in [0.1, 0.15) is 22.3 Å². The van der Waals surface area contributed by atoms with Crippen molar-refractivity contribution in [3.8, 4) is 33.4 Å². The molecule has 0 unspecified atom stereocenters. The summed E-state index contributed by atoms with van der Waals surface area (Å²) in [5, 5.41) is 4.64. The van der Waals surface area contributed by atoms with Crippen LogP contribution in [-0.4, -0.2) is 0 Å². The summed E-state index contributed by atoms with van der Waals surface area (Å²) in [6, 6.07) is 73.3. The zero-order valence-electron chi connectivity index (χ0n) is 29.9. The van der Waals surface area contributed by atoms with Crippen LogP contribution in [0.25, 0.3) is 66.1 Å². The maximum atomic E-state index is 6.66. The number of anilines is 3. The Bertz CT molecular complexity index is 3120. The van der Waals surface area contributed by atoms with Crippen molar-refractivity contribution in [3.05, 3.63) is 222 Å². The van der Waals surface area contributed by atoms with E-state index in [2.05, 4.69) is 199 Å². The van der Waals surface area contributed by atoms with Gasteiger partial charge in [-0.1, -0.05) is 170 Å². The maximum absolute atomic E-state index is 6.66. The topological polar surface area (TPSA) is 16.4 Å². The number of nitrogens with zero attached hydrogens (tertiary/aromatic N) is 1. The van der Waals surface area contributed by atoms with Crippen molar-refractivity contribution in [1.29, 1.82) is 0 Å². The number of hydrogen-bond donors (Lipinski definition) is 0. The Labute approximate surface area is 319 Å². The highest BCUT2D eigenvalue weighted by Gasteiger charge is 2.51. The molecule has 0 bridgehead atoms. The van der Waals surface area contributed by atoms with Gasteiger partial charge in [-0.3, -0.25) is 0 Å². The first-order chi connectivity index (χ1) is 27.3. The number of benzene rings is 9. The highest BCUT2D eigenvalue weighted by atomic mass is 16.3. The molecule has 0 saturated heterocycles. The standard InChI is InChI=1S/C53H33NO/c1-2-17-36-34(15-1)16-13-29-49(36)54(50-28-11-6-21-41(50)43-23-14-24-44-42-22-7-12-30-51(42)55-52(43)44)35-31-32-40-39-20-5-10-27-47(39)53(48(40)33-35)45-25-8-3-18-37(45)38-19-4-9-26-46(38)53/h1-33H. The van der Waals surface area contributed by atoms with E-state index < -0.39 is 5.41 Å². The molecule has 9 aromatic carbocycles. The zero-order chi connectivity index (χ0) is 36.1. The predicted octanol–water partition coefficient (Wildman–Crippen LogP) is 14.2. The summed E-state index contributed by atoms with van der Waals surface area (Å²) in [4.78, 5) is 2.48. The molecule has 55 heavy (non-hydrogen) atoms.